The molecule has 3 N–H and O–H groups in total. The summed E-state index contributed by atoms with van der Waals surface area (Å²) in [6.07, 6.45) is 0. The predicted octanol–water partition coefficient (Wildman–Crippen LogP) is 2.07. The molecule has 20 heavy (non-hydrogen) atoms. The van der Waals surface area contributed by atoms with E-state index in [1.807, 2.05) is 43.3 Å². The van der Waals surface area contributed by atoms with Crippen LogP contribution in [0.25, 0.3) is 11.3 Å². The van der Waals surface area contributed by atoms with Crippen molar-refractivity contribution in [3.63, 3.8) is 0 Å². The number of rotatable bonds is 6. The fourth-order valence-electron chi connectivity index (χ4n) is 1.71. The maximum Gasteiger partial charge on any atom is 0.322 e. The van der Waals surface area contributed by atoms with Crippen molar-refractivity contribution in [2.45, 2.75) is 6.92 Å². The zero-order chi connectivity index (χ0) is 14.4. The number of anilines is 2. The molecule has 0 atom stereocenters. The van der Waals surface area contributed by atoms with E-state index in [1.54, 1.807) is 0 Å². The van der Waals surface area contributed by atoms with Crippen LogP contribution >= 0.6 is 0 Å². The first-order valence-electron chi connectivity index (χ1n) is 6.33. The number of carboxylic acid groups (broad SMARTS) is 1. The summed E-state index contributed by atoms with van der Waals surface area (Å²) in [6.45, 7) is 2.47. The summed E-state index contributed by atoms with van der Waals surface area (Å²) in [5.41, 5.74) is 1.69. The molecule has 0 radical (unpaired) electrons. The average Bonchev–Trinajstić information content (AvgIpc) is 2.46. The molecule has 0 saturated carbocycles. The molecule has 104 valence electrons. The Morgan fingerprint density at radius 1 is 1.20 bits per heavy atom. The van der Waals surface area contributed by atoms with E-state index in [9.17, 15) is 4.79 Å². The zero-order valence-electron chi connectivity index (χ0n) is 11.1. The minimum atomic E-state index is -0.955. The van der Waals surface area contributed by atoms with Crippen LogP contribution in [0.2, 0.25) is 0 Å². The molecule has 0 bridgehead atoms. The molecule has 0 amide bonds. The van der Waals surface area contributed by atoms with Crippen molar-refractivity contribution in [3.8, 4) is 11.3 Å². The molecule has 0 unspecified atom stereocenters. The van der Waals surface area contributed by atoms with E-state index < -0.39 is 5.97 Å². The lowest BCUT2D eigenvalue weighted by Crippen LogP contribution is -2.15. The maximum absolute atomic E-state index is 10.6. The van der Waals surface area contributed by atoms with Gasteiger partial charge in [-0.2, -0.15) is 4.98 Å². The van der Waals surface area contributed by atoms with Crippen molar-refractivity contribution in [1.82, 2.24) is 9.97 Å². The quantitative estimate of drug-likeness (QED) is 0.746. The lowest BCUT2D eigenvalue weighted by atomic mass is 10.1. The van der Waals surface area contributed by atoms with Gasteiger partial charge in [0.1, 0.15) is 12.4 Å². The number of nitrogens with one attached hydrogen (secondary N) is 2. The Balaban J connectivity index is 2.33. The summed E-state index contributed by atoms with van der Waals surface area (Å²) in [7, 11) is 0. The fourth-order valence-corrected chi connectivity index (χ4v) is 1.71. The molecule has 0 spiro atoms. The Morgan fingerprint density at radius 2 is 1.95 bits per heavy atom. The number of carboxylic acids is 1. The second-order valence-corrected chi connectivity index (χ2v) is 4.11. The van der Waals surface area contributed by atoms with Crippen LogP contribution in [0.3, 0.4) is 0 Å². The van der Waals surface area contributed by atoms with Gasteiger partial charge in [-0.25, -0.2) is 4.98 Å². The first-order valence-corrected chi connectivity index (χ1v) is 6.33. The van der Waals surface area contributed by atoms with Gasteiger partial charge in [-0.15, -0.1) is 0 Å². The first kappa shape index (κ1) is 13.8. The SMILES string of the molecule is CCNc1cc(-c2ccccc2)nc(NCC(=O)O)n1. The van der Waals surface area contributed by atoms with Gasteiger partial charge in [0.2, 0.25) is 5.95 Å². The summed E-state index contributed by atoms with van der Waals surface area (Å²) in [4.78, 5) is 19.2. The molecule has 2 aromatic rings. The highest BCUT2D eigenvalue weighted by Crippen LogP contribution is 2.21. The molecular weight excluding hydrogens is 256 g/mol. The van der Waals surface area contributed by atoms with Crippen LogP contribution in [0.1, 0.15) is 6.92 Å². The highest BCUT2D eigenvalue weighted by Gasteiger charge is 2.07. The van der Waals surface area contributed by atoms with Crippen LogP contribution in [0.5, 0.6) is 0 Å². The summed E-state index contributed by atoms with van der Waals surface area (Å²) in [6, 6.07) is 11.5. The molecule has 1 aromatic heterocycles. The van der Waals surface area contributed by atoms with Crippen LogP contribution in [-0.2, 0) is 4.79 Å². The van der Waals surface area contributed by atoms with Gasteiger partial charge in [-0.05, 0) is 6.92 Å². The van der Waals surface area contributed by atoms with Gasteiger partial charge in [0.25, 0.3) is 0 Å². The molecule has 6 heteroatoms. The lowest BCUT2D eigenvalue weighted by molar-refractivity contribution is -0.134. The zero-order valence-corrected chi connectivity index (χ0v) is 11.1. The largest absolute Gasteiger partial charge is 0.480 e. The fraction of sp³-hybridized carbons (Fsp3) is 0.214. The smallest absolute Gasteiger partial charge is 0.322 e. The number of aromatic nitrogens is 2. The second kappa shape index (κ2) is 6.51. The monoisotopic (exact) mass is 272 g/mol. The van der Waals surface area contributed by atoms with E-state index in [4.69, 9.17) is 5.11 Å². The highest BCUT2D eigenvalue weighted by atomic mass is 16.4. The highest BCUT2D eigenvalue weighted by molar-refractivity contribution is 5.72. The maximum atomic E-state index is 10.6. The standard InChI is InChI=1S/C14H16N4O2/c1-2-15-12-8-11(10-6-4-3-5-7-10)17-14(18-12)16-9-13(19)20/h3-8H,2,9H2,1H3,(H,19,20)(H2,15,16,17,18). The molecule has 6 nitrogen and oxygen atoms in total. The van der Waals surface area contributed by atoms with Crippen molar-refractivity contribution in [1.29, 1.82) is 0 Å². The van der Waals surface area contributed by atoms with E-state index in [2.05, 4.69) is 20.6 Å². The van der Waals surface area contributed by atoms with Gasteiger partial charge in [0.05, 0.1) is 5.69 Å². The normalized spacial score (nSPS) is 10.1. The Kier molecular flexibility index (Phi) is 4.49. The summed E-state index contributed by atoms with van der Waals surface area (Å²) < 4.78 is 0. The van der Waals surface area contributed by atoms with Crippen molar-refractivity contribution < 1.29 is 9.90 Å². The van der Waals surface area contributed by atoms with E-state index in [0.717, 1.165) is 17.8 Å². The van der Waals surface area contributed by atoms with Crippen LogP contribution in [-0.4, -0.2) is 34.1 Å². The molecular formula is C14H16N4O2. The summed E-state index contributed by atoms with van der Waals surface area (Å²) in [5, 5.41) is 14.5. The summed E-state index contributed by atoms with van der Waals surface area (Å²) >= 11 is 0. The van der Waals surface area contributed by atoms with Crippen LogP contribution < -0.4 is 10.6 Å². The lowest BCUT2D eigenvalue weighted by Gasteiger charge is -2.09. The van der Waals surface area contributed by atoms with Crippen LogP contribution in [0.15, 0.2) is 36.4 Å². The number of benzene rings is 1. The molecule has 0 aliphatic rings. The van der Waals surface area contributed by atoms with Gasteiger partial charge in [-0.3, -0.25) is 4.79 Å². The van der Waals surface area contributed by atoms with Gasteiger partial charge >= 0.3 is 5.97 Å². The number of carbonyl (C=O) groups is 1. The number of aliphatic carboxylic acids is 1. The Labute approximate surface area is 116 Å². The second-order valence-electron chi connectivity index (χ2n) is 4.11. The molecule has 2 rings (SSSR count). The average molecular weight is 272 g/mol. The van der Waals surface area contributed by atoms with Crippen molar-refractivity contribution in [2.24, 2.45) is 0 Å². The molecule has 1 aromatic carbocycles. The number of nitrogens with zero attached hydrogens (tertiary/aromatic N) is 2. The van der Waals surface area contributed by atoms with Gasteiger partial charge in [0.15, 0.2) is 0 Å². The molecule has 0 fully saturated rings. The van der Waals surface area contributed by atoms with E-state index in [-0.39, 0.29) is 6.54 Å². The van der Waals surface area contributed by atoms with E-state index in [0.29, 0.717) is 11.8 Å². The Hall–Kier alpha value is -2.63. The molecule has 1 heterocycles. The minimum Gasteiger partial charge on any atom is -0.480 e. The third-order valence-corrected chi connectivity index (χ3v) is 2.55. The summed E-state index contributed by atoms with van der Waals surface area (Å²) in [5.74, 6) is 0.00246. The minimum absolute atomic E-state index is 0.218. The third kappa shape index (κ3) is 3.68. The van der Waals surface area contributed by atoms with Crippen molar-refractivity contribution in [3.05, 3.63) is 36.4 Å². The van der Waals surface area contributed by atoms with Gasteiger partial charge in [0, 0.05) is 18.2 Å². The van der Waals surface area contributed by atoms with E-state index >= 15 is 0 Å². The molecule has 0 saturated heterocycles. The molecule has 0 aliphatic heterocycles. The van der Waals surface area contributed by atoms with E-state index in [1.165, 1.54) is 0 Å². The number of hydrogen-bond donors (Lipinski definition) is 3. The predicted molar refractivity (Wildman–Crippen MR) is 77.8 cm³/mol. The first-order chi connectivity index (χ1) is 9.69. The third-order valence-electron chi connectivity index (χ3n) is 2.55. The van der Waals surface area contributed by atoms with Crippen LogP contribution in [0.4, 0.5) is 11.8 Å². The van der Waals surface area contributed by atoms with Gasteiger partial charge in [-0.1, -0.05) is 30.3 Å². The Morgan fingerprint density at radius 3 is 2.60 bits per heavy atom. The topological polar surface area (TPSA) is 87.1 Å². The van der Waals surface area contributed by atoms with Crippen LogP contribution in [0, 0.1) is 0 Å². The van der Waals surface area contributed by atoms with Crippen molar-refractivity contribution in [2.75, 3.05) is 23.7 Å². The molecule has 0 aliphatic carbocycles. The number of hydrogen-bond acceptors (Lipinski definition) is 5. The van der Waals surface area contributed by atoms with Crippen molar-refractivity contribution >= 4 is 17.7 Å². The Bertz CT molecular complexity index is 587. The van der Waals surface area contributed by atoms with Gasteiger partial charge < -0.3 is 15.7 Å².